The van der Waals surface area contributed by atoms with Gasteiger partial charge in [0.1, 0.15) is 0 Å². The molecule has 0 aromatic heterocycles. The van der Waals surface area contributed by atoms with Crippen LogP contribution in [0.15, 0.2) is 29.3 Å². The van der Waals surface area contributed by atoms with Gasteiger partial charge in [0.15, 0.2) is 0 Å². The van der Waals surface area contributed by atoms with Crippen LogP contribution in [0.2, 0.25) is 0 Å². The Kier molecular flexibility index (Phi) is 1.72. The monoisotopic (exact) mass is 205 g/mol. The Morgan fingerprint density at radius 2 is 2.07 bits per heavy atom. The predicted octanol–water partition coefficient (Wildman–Crippen LogP) is 3.36. The lowest BCUT2D eigenvalue weighted by Crippen LogP contribution is -2.44. The second-order valence-electron chi connectivity index (χ2n) is 4.24. The Morgan fingerprint density at radius 3 is 2.86 bits per heavy atom. The minimum absolute atomic E-state index is 0.248. The summed E-state index contributed by atoms with van der Waals surface area (Å²) in [7, 11) is 0. The van der Waals surface area contributed by atoms with Gasteiger partial charge in [-0.2, -0.15) is 0 Å². The third kappa shape index (κ3) is 0.936. The van der Waals surface area contributed by atoms with Crippen molar-refractivity contribution in [2.45, 2.75) is 18.2 Å². The molecule has 0 saturated heterocycles. The Hall–Kier alpha value is -0.820. The fourth-order valence-corrected chi connectivity index (χ4v) is 3.30. The maximum Gasteiger partial charge on any atom is 0.0661 e. The van der Waals surface area contributed by atoms with Gasteiger partial charge in [-0.25, -0.2) is 0 Å². The Morgan fingerprint density at radius 1 is 1.29 bits per heavy atom. The zero-order valence-corrected chi connectivity index (χ0v) is 8.78. The minimum atomic E-state index is 0.248. The molecule has 2 heterocycles. The van der Waals surface area contributed by atoms with Crippen LogP contribution < -0.4 is 0 Å². The van der Waals surface area contributed by atoms with E-state index in [4.69, 9.17) is 11.6 Å². The first-order chi connectivity index (χ1) is 6.79. The summed E-state index contributed by atoms with van der Waals surface area (Å²) < 4.78 is 0. The van der Waals surface area contributed by atoms with Crippen molar-refractivity contribution in [1.29, 1.82) is 0 Å². The second-order valence-corrected chi connectivity index (χ2v) is 4.75. The molecule has 1 aromatic carbocycles. The van der Waals surface area contributed by atoms with Crippen molar-refractivity contribution in [3.05, 3.63) is 29.8 Å². The Bertz CT molecular complexity index is 389. The van der Waals surface area contributed by atoms with Gasteiger partial charge in [-0.3, -0.25) is 4.99 Å². The van der Waals surface area contributed by atoms with Gasteiger partial charge in [0, 0.05) is 23.4 Å². The van der Waals surface area contributed by atoms with E-state index in [1.807, 2.05) is 12.3 Å². The maximum absolute atomic E-state index is 6.35. The molecule has 1 saturated carbocycles. The number of aliphatic imine (C=N–C) groups is 1. The van der Waals surface area contributed by atoms with Crippen molar-refractivity contribution in [2.75, 3.05) is 0 Å². The number of halogens is 1. The van der Waals surface area contributed by atoms with Crippen molar-refractivity contribution < 1.29 is 0 Å². The van der Waals surface area contributed by atoms with Crippen LogP contribution in [-0.4, -0.2) is 11.6 Å². The zero-order valence-electron chi connectivity index (χ0n) is 8.02. The molecule has 3 aliphatic rings. The van der Waals surface area contributed by atoms with E-state index in [0.717, 1.165) is 5.69 Å². The summed E-state index contributed by atoms with van der Waals surface area (Å²) in [6.07, 6.45) is 2.03. The highest BCUT2D eigenvalue weighted by Gasteiger charge is 2.48. The maximum atomic E-state index is 6.35. The summed E-state index contributed by atoms with van der Waals surface area (Å²) in [6.45, 7) is 2.27. The van der Waals surface area contributed by atoms with Crippen LogP contribution in [0.5, 0.6) is 0 Å². The van der Waals surface area contributed by atoms with Crippen molar-refractivity contribution in [3.63, 3.8) is 0 Å². The highest BCUT2D eigenvalue weighted by atomic mass is 35.5. The number of para-hydroxylation sites is 1. The molecule has 14 heavy (non-hydrogen) atoms. The number of alkyl halides is 1. The molecule has 2 heteroatoms. The summed E-state index contributed by atoms with van der Waals surface area (Å²) in [4.78, 5) is 4.50. The molecule has 0 N–H and O–H groups in total. The van der Waals surface area contributed by atoms with Gasteiger partial charge in [-0.1, -0.05) is 25.1 Å². The largest absolute Gasteiger partial charge is 0.261 e. The molecule has 0 amide bonds. The summed E-state index contributed by atoms with van der Waals surface area (Å²) in [6, 6.07) is 8.34. The Balaban J connectivity index is 2.17. The molecule has 2 aliphatic heterocycles. The standard InChI is InChI=1S/C12H12ClN/c1-7-9-6-14-10-5-3-2-4-8(10)11(7)12(9)13/h2-7,9,11-12H,1H3. The molecule has 4 unspecified atom stereocenters. The van der Waals surface area contributed by atoms with Crippen LogP contribution >= 0.6 is 11.6 Å². The van der Waals surface area contributed by atoms with E-state index >= 15 is 0 Å². The average Bonchev–Trinajstić information content (AvgIpc) is 2.44. The number of benzene rings is 1. The van der Waals surface area contributed by atoms with E-state index in [9.17, 15) is 0 Å². The fraction of sp³-hybridized carbons (Fsp3) is 0.417. The lowest BCUT2D eigenvalue weighted by Gasteiger charge is -2.44. The zero-order chi connectivity index (χ0) is 9.71. The molecule has 4 atom stereocenters. The van der Waals surface area contributed by atoms with E-state index in [0.29, 0.717) is 17.8 Å². The SMILES string of the molecule is CC1C2C=Nc3ccccc3C1C2Cl. The number of hydrogen-bond acceptors (Lipinski definition) is 1. The van der Waals surface area contributed by atoms with Gasteiger partial charge in [0.25, 0.3) is 0 Å². The smallest absolute Gasteiger partial charge is 0.0661 e. The van der Waals surface area contributed by atoms with Gasteiger partial charge in [-0.15, -0.1) is 11.6 Å². The topological polar surface area (TPSA) is 12.4 Å². The lowest BCUT2D eigenvalue weighted by molar-refractivity contribution is 0.232. The van der Waals surface area contributed by atoms with E-state index < -0.39 is 0 Å². The van der Waals surface area contributed by atoms with Gasteiger partial charge in [0.05, 0.1) is 5.69 Å². The summed E-state index contributed by atoms with van der Waals surface area (Å²) in [5.41, 5.74) is 2.43. The predicted molar refractivity (Wildman–Crippen MR) is 59.6 cm³/mol. The molecule has 0 spiro atoms. The van der Waals surface area contributed by atoms with E-state index in [2.05, 4.69) is 30.1 Å². The van der Waals surface area contributed by atoms with Crippen molar-refractivity contribution >= 4 is 23.5 Å². The van der Waals surface area contributed by atoms with Crippen molar-refractivity contribution in [1.82, 2.24) is 0 Å². The minimum Gasteiger partial charge on any atom is -0.261 e. The number of nitrogens with zero attached hydrogens (tertiary/aromatic N) is 1. The van der Waals surface area contributed by atoms with Crippen molar-refractivity contribution in [2.24, 2.45) is 16.8 Å². The molecule has 4 rings (SSSR count). The number of rotatable bonds is 0. The molecule has 1 aliphatic carbocycles. The molecule has 72 valence electrons. The highest BCUT2D eigenvalue weighted by molar-refractivity contribution is 6.23. The molecular formula is C12H12ClN. The number of hydrogen-bond donors (Lipinski definition) is 0. The van der Waals surface area contributed by atoms with E-state index in [1.54, 1.807) is 0 Å². The average molecular weight is 206 g/mol. The quantitative estimate of drug-likeness (QED) is 0.576. The van der Waals surface area contributed by atoms with Crippen LogP contribution in [0.25, 0.3) is 0 Å². The molecule has 1 nitrogen and oxygen atoms in total. The Labute approximate surface area is 88.8 Å². The first-order valence-electron chi connectivity index (χ1n) is 5.06. The summed E-state index contributed by atoms with van der Waals surface area (Å²) in [5, 5.41) is 0.248. The van der Waals surface area contributed by atoms with Crippen molar-refractivity contribution in [3.8, 4) is 0 Å². The summed E-state index contributed by atoms with van der Waals surface area (Å²) >= 11 is 6.35. The van der Waals surface area contributed by atoms with Crippen LogP contribution in [0.3, 0.4) is 0 Å². The first kappa shape index (κ1) is 8.49. The van der Waals surface area contributed by atoms with E-state index in [-0.39, 0.29) is 5.38 Å². The first-order valence-corrected chi connectivity index (χ1v) is 5.50. The molecule has 2 bridgehead atoms. The third-order valence-corrected chi connectivity index (χ3v) is 4.13. The second kappa shape index (κ2) is 2.83. The van der Waals surface area contributed by atoms with Gasteiger partial charge < -0.3 is 0 Å². The molecular weight excluding hydrogens is 194 g/mol. The summed E-state index contributed by atoms with van der Waals surface area (Å²) in [5.74, 6) is 1.61. The third-order valence-electron chi connectivity index (χ3n) is 3.57. The van der Waals surface area contributed by atoms with Gasteiger partial charge in [-0.05, 0) is 17.5 Å². The normalized spacial score (nSPS) is 38.4. The highest BCUT2D eigenvalue weighted by Crippen LogP contribution is 2.53. The molecule has 1 fully saturated rings. The lowest BCUT2D eigenvalue weighted by atomic mass is 9.63. The molecule has 1 aromatic rings. The van der Waals surface area contributed by atoms with Crippen LogP contribution in [0, 0.1) is 11.8 Å². The van der Waals surface area contributed by atoms with Crippen LogP contribution in [0.1, 0.15) is 18.4 Å². The van der Waals surface area contributed by atoms with Crippen LogP contribution in [-0.2, 0) is 0 Å². The van der Waals surface area contributed by atoms with Crippen LogP contribution in [0.4, 0.5) is 5.69 Å². The fourth-order valence-electron chi connectivity index (χ4n) is 2.64. The van der Waals surface area contributed by atoms with Gasteiger partial charge >= 0.3 is 0 Å². The van der Waals surface area contributed by atoms with Gasteiger partial charge in [0.2, 0.25) is 0 Å². The molecule has 0 radical (unpaired) electrons. The van der Waals surface area contributed by atoms with E-state index in [1.165, 1.54) is 5.56 Å².